The van der Waals surface area contributed by atoms with E-state index in [1.807, 2.05) is 4.98 Å². The minimum Gasteiger partial charge on any atom is -0.493 e. The van der Waals surface area contributed by atoms with E-state index in [1.54, 1.807) is 0 Å². The van der Waals surface area contributed by atoms with E-state index in [2.05, 4.69) is 4.98 Å². The normalized spacial score (nSPS) is 10.2. The van der Waals surface area contributed by atoms with E-state index in [0.29, 0.717) is 0 Å². The summed E-state index contributed by atoms with van der Waals surface area (Å²) in [6.07, 6.45) is -1.31. The van der Waals surface area contributed by atoms with Gasteiger partial charge in [-0.05, 0) is 0 Å². The van der Waals surface area contributed by atoms with Gasteiger partial charge in [0.1, 0.15) is 9.85 Å². The van der Waals surface area contributed by atoms with Crippen molar-refractivity contribution >= 4 is 0 Å². The van der Waals surface area contributed by atoms with E-state index in [9.17, 15) is 20.2 Å². The molecule has 1 aromatic rings. The number of rotatable bonds is 3. The minimum atomic E-state index is -2.17. The fraction of sp³-hybridized carbons (Fsp3) is 0.250. The molecule has 0 unspecified atom stereocenters. The Morgan fingerprint density at radius 1 is 1.46 bits per heavy atom. The van der Waals surface area contributed by atoms with Crippen LogP contribution in [0.5, 0.6) is 5.88 Å². The summed E-state index contributed by atoms with van der Waals surface area (Å²) in [5.41, 5.74) is 0. The SMILES string of the molecule is O=[N+]([O-])C(c1ncc(O)[nH]1)[N+](=O)[O-]. The Kier molecular flexibility index (Phi) is 2.09. The number of hydrogen-bond donors (Lipinski definition) is 2. The quantitative estimate of drug-likeness (QED) is 0.378. The van der Waals surface area contributed by atoms with Gasteiger partial charge in [-0.25, -0.2) is 4.98 Å². The molecule has 0 aliphatic rings. The Labute approximate surface area is 70.3 Å². The maximum Gasteiger partial charge on any atom is 0.507 e. The molecule has 0 radical (unpaired) electrons. The van der Waals surface area contributed by atoms with Crippen molar-refractivity contribution in [3.8, 4) is 5.88 Å². The van der Waals surface area contributed by atoms with Crippen molar-refractivity contribution in [2.24, 2.45) is 0 Å². The van der Waals surface area contributed by atoms with Gasteiger partial charge < -0.3 is 10.1 Å². The second kappa shape index (κ2) is 3.05. The van der Waals surface area contributed by atoms with Crippen LogP contribution in [0.2, 0.25) is 0 Å². The molecule has 0 amide bonds. The maximum atomic E-state index is 10.2. The van der Waals surface area contributed by atoms with Gasteiger partial charge in [-0.2, -0.15) is 0 Å². The smallest absolute Gasteiger partial charge is 0.493 e. The highest BCUT2D eigenvalue weighted by atomic mass is 16.7. The summed E-state index contributed by atoms with van der Waals surface area (Å²) in [6, 6.07) is 0. The lowest BCUT2D eigenvalue weighted by molar-refractivity contribution is -0.754. The third kappa shape index (κ3) is 1.69. The van der Waals surface area contributed by atoms with Gasteiger partial charge in [0.2, 0.25) is 5.88 Å². The number of nitro groups is 2. The molecule has 0 aliphatic heterocycles. The van der Waals surface area contributed by atoms with Gasteiger partial charge >= 0.3 is 6.17 Å². The molecule has 13 heavy (non-hydrogen) atoms. The number of nitrogens with zero attached hydrogens (tertiary/aromatic N) is 3. The summed E-state index contributed by atoms with van der Waals surface area (Å²) < 4.78 is 0. The highest BCUT2D eigenvalue weighted by Gasteiger charge is 2.37. The Bertz CT molecular complexity index is 332. The molecule has 1 aromatic heterocycles. The molecule has 0 spiro atoms. The Morgan fingerprint density at radius 3 is 2.31 bits per heavy atom. The number of aromatic nitrogens is 2. The maximum absolute atomic E-state index is 10.2. The topological polar surface area (TPSA) is 135 Å². The fourth-order valence-electron chi connectivity index (χ4n) is 0.734. The highest BCUT2D eigenvalue weighted by Crippen LogP contribution is 2.15. The van der Waals surface area contributed by atoms with Crippen LogP contribution in [0.4, 0.5) is 0 Å². The lowest BCUT2D eigenvalue weighted by Gasteiger charge is -1.96. The lowest BCUT2D eigenvalue weighted by atomic mass is 10.5. The van der Waals surface area contributed by atoms with E-state index < -0.39 is 27.7 Å². The summed E-state index contributed by atoms with van der Waals surface area (Å²) in [4.78, 5) is 23.4. The second-order valence-electron chi connectivity index (χ2n) is 2.10. The monoisotopic (exact) mass is 188 g/mol. The van der Waals surface area contributed by atoms with Crippen molar-refractivity contribution in [2.45, 2.75) is 6.17 Å². The Morgan fingerprint density at radius 2 is 2.00 bits per heavy atom. The first-order chi connectivity index (χ1) is 6.02. The zero-order valence-electron chi connectivity index (χ0n) is 6.08. The third-order valence-corrected chi connectivity index (χ3v) is 1.23. The van der Waals surface area contributed by atoms with Crippen LogP contribution in [0.1, 0.15) is 12.0 Å². The first-order valence-corrected chi connectivity index (χ1v) is 3.03. The number of aromatic amines is 1. The van der Waals surface area contributed by atoms with Crippen molar-refractivity contribution in [2.75, 3.05) is 0 Å². The summed E-state index contributed by atoms with van der Waals surface area (Å²) in [7, 11) is 0. The molecular formula is C4H4N4O5. The van der Waals surface area contributed by atoms with Crippen molar-refractivity contribution in [3.05, 3.63) is 32.2 Å². The average Bonchev–Trinajstić information content (AvgIpc) is 2.34. The Balaban J connectivity index is 3.02. The third-order valence-electron chi connectivity index (χ3n) is 1.23. The zero-order chi connectivity index (χ0) is 10.0. The van der Waals surface area contributed by atoms with Crippen LogP contribution in [-0.2, 0) is 0 Å². The fourth-order valence-corrected chi connectivity index (χ4v) is 0.734. The number of aromatic hydroxyl groups is 1. The van der Waals surface area contributed by atoms with E-state index in [4.69, 9.17) is 5.11 Å². The summed E-state index contributed by atoms with van der Waals surface area (Å²) in [6.45, 7) is 0. The lowest BCUT2D eigenvalue weighted by Crippen LogP contribution is -2.20. The molecule has 2 N–H and O–H groups in total. The molecule has 9 heteroatoms. The predicted molar refractivity (Wildman–Crippen MR) is 37.0 cm³/mol. The van der Waals surface area contributed by atoms with Crippen LogP contribution in [0.25, 0.3) is 0 Å². The molecule has 70 valence electrons. The molecule has 0 bridgehead atoms. The van der Waals surface area contributed by atoms with Crippen LogP contribution in [0.3, 0.4) is 0 Å². The van der Waals surface area contributed by atoms with Gasteiger partial charge in [-0.1, -0.05) is 0 Å². The standard InChI is InChI=1S/C4H4N4O5/c9-2-1-5-3(6-2)4(7(10)11)8(12)13/h1,4,9H,(H,5,6). The molecule has 0 aromatic carbocycles. The molecule has 0 aliphatic carbocycles. The molecule has 9 nitrogen and oxygen atoms in total. The predicted octanol–water partition coefficient (Wildman–Crippen LogP) is -0.333. The average molecular weight is 188 g/mol. The van der Waals surface area contributed by atoms with Crippen molar-refractivity contribution < 1.29 is 15.0 Å². The van der Waals surface area contributed by atoms with Crippen LogP contribution in [0.15, 0.2) is 6.20 Å². The van der Waals surface area contributed by atoms with Gasteiger partial charge in [0.25, 0.3) is 5.82 Å². The van der Waals surface area contributed by atoms with Crippen molar-refractivity contribution in [3.63, 3.8) is 0 Å². The first-order valence-electron chi connectivity index (χ1n) is 3.03. The van der Waals surface area contributed by atoms with Crippen LogP contribution in [-0.4, -0.2) is 24.9 Å². The molecular weight excluding hydrogens is 184 g/mol. The number of imidazole rings is 1. The number of H-pyrrole nitrogens is 1. The van der Waals surface area contributed by atoms with Gasteiger partial charge in [0, 0.05) is 0 Å². The van der Waals surface area contributed by atoms with Crippen LogP contribution >= 0.6 is 0 Å². The van der Waals surface area contributed by atoms with Gasteiger partial charge in [-0.15, -0.1) is 0 Å². The number of hydrogen-bond acceptors (Lipinski definition) is 6. The van der Waals surface area contributed by atoms with Crippen molar-refractivity contribution in [1.29, 1.82) is 0 Å². The second-order valence-corrected chi connectivity index (χ2v) is 2.10. The summed E-state index contributed by atoms with van der Waals surface area (Å²) >= 11 is 0. The van der Waals surface area contributed by atoms with Gasteiger partial charge in [-0.3, -0.25) is 20.2 Å². The zero-order valence-corrected chi connectivity index (χ0v) is 6.08. The number of nitrogens with one attached hydrogen (secondary N) is 1. The van der Waals surface area contributed by atoms with Crippen LogP contribution < -0.4 is 0 Å². The molecule has 1 heterocycles. The summed E-state index contributed by atoms with van der Waals surface area (Å²) in [5, 5.41) is 29.0. The van der Waals surface area contributed by atoms with E-state index in [0.717, 1.165) is 6.20 Å². The van der Waals surface area contributed by atoms with E-state index in [-0.39, 0.29) is 0 Å². The Hall–Kier alpha value is -2.19. The van der Waals surface area contributed by atoms with Crippen LogP contribution in [0, 0.1) is 20.2 Å². The van der Waals surface area contributed by atoms with Crippen molar-refractivity contribution in [1.82, 2.24) is 9.97 Å². The highest BCUT2D eigenvalue weighted by molar-refractivity contribution is 5.05. The largest absolute Gasteiger partial charge is 0.507 e. The molecule has 0 fully saturated rings. The summed E-state index contributed by atoms with van der Waals surface area (Å²) in [5.74, 6) is -0.962. The molecule has 0 atom stereocenters. The van der Waals surface area contributed by atoms with E-state index in [1.165, 1.54) is 0 Å². The minimum absolute atomic E-state index is 0.455. The van der Waals surface area contributed by atoms with Gasteiger partial charge in [0.05, 0.1) is 6.20 Å². The van der Waals surface area contributed by atoms with Gasteiger partial charge in [0.15, 0.2) is 0 Å². The molecule has 0 saturated carbocycles. The van der Waals surface area contributed by atoms with E-state index >= 15 is 0 Å². The first kappa shape index (κ1) is 8.90. The molecule has 1 rings (SSSR count). The molecule has 0 saturated heterocycles.